The minimum Gasteiger partial charge on any atom is -0.464 e. The average Bonchev–Trinajstić information content (AvgIpc) is 2.13. The van der Waals surface area contributed by atoms with Gasteiger partial charge in [-0.3, -0.25) is 4.79 Å². The van der Waals surface area contributed by atoms with Crippen molar-refractivity contribution < 1.29 is 14.3 Å². The topological polar surface area (TPSA) is 81.4 Å². The van der Waals surface area contributed by atoms with Crippen LogP contribution in [0.5, 0.6) is 0 Å². The summed E-state index contributed by atoms with van der Waals surface area (Å²) in [5, 5.41) is 2.46. The lowest BCUT2D eigenvalue weighted by Crippen LogP contribution is -2.47. The summed E-state index contributed by atoms with van der Waals surface area (Å²) < 4.78 is 4.58. The van der Waals surface area contributed by atoms with Gasteiger partial charge in [-0.2, -0.15) is 0 Å². The van der Waals surface area contributed by atoms with Crippen LogP contribution in [-0.2, 0) is 14.3 Å². The second-order valence-electron chi connectivity index (χ2n) is 2.90. The molecule has 3 N–H and O–H groups in total. The van der Waals surface area contributed by atoms with Crippen LogP contribution in [0.25, 0.3) is 0 Å². The summed E-state index contributed by atoms with van der Waals surface area (Å²) in [6.07, 6.45) is 0. The van der Waals surface area contributed by atoms with Crippen molar-refractivity contribution in [1.82, 2.24) is 5.32 Å². The quantitative estimate of drug-likeness (QED) is 0.358. The van der Waals surface area contributed by atoms with Crippen molar-refractivity contribution in [1.29, 1.82) is 0 Å². The maximum Gasteiger partial charge on any atom is 0.332 e. The first-order valence-corrected chi connectivity index (χ1v) is 4.33. The molecule has 5 heteroatoms. The average molecular weight is 200 g/mol. The minimum absolute atomic E-state index is 0.209. The van der Waals surface area contributed by atoms with Gasteiger partial charge in [0.15, 0.2) is 6.04 Å². The number of amides is 1. The number of rotatable bonds is 5. The third-order valence-corrected chi connectivity index (χ3v) is 1.39. The first kappa shape index (κ1) is 12.6. The number of ether oxygens (including phenoxy) is 1. The van der Waals surface area contributed by atoms with Crippen molar-refractivity contribution >= 4 is 11.9 Å². The van der Waals surface area contributed by atoms with E-state index in [0.29, 0.717) is 6.54 Å². The third kappa shape index (κ3) is 4.61. The van der Waals surface area contributed by atoms with Gasteiger partial charge in [-0.05, 0) is 13.8 Å². The van der Waals surface area contributed by atoms with Crippen LogP contribution in [0.2, 0.25) is 0 Å². The zero-order valence-corrected chi connectivity index (χ0v) is 8.50. The fourth-order valence-electron chi connectivity index (χ4n) is 0.687. The normalized spacial score (nSPS) is 11.6. The largest absolute Gasteiger partial charge is 0.464 e. The number of hydrogen-bond donors (Lipinski definition) is 2. The molecule has 0 aromatic heterocycles. The summed E-state index contributed by atoms with van der Waals surface area (Å²) in [4.78, 5) is 22.2. The van der Waals surface area contributed by atoms with Gasteiger partial charge in [-0.15, -0.1) is 0 Å². The van der Waals surface area contributed by atoms with E-state index in [2.05, 4.69) is 16.6 Å². The lowest BCUT2D eigenvalue weighted by atomic mass is 10.3. The molecule has 1 amide bonds. The summed E-state index contributed by atoms with van der Waals surface area (Å²) in [7, 11) is 0. The molecular weight excluding hydrogens is 184 g/mol. The zero-order valence-electron chi connectivity index (χ0n) is 8.50. The van der Waals surface area contributed by atoms with Crippen LogP contribution in [0.4, 0.5) is 0 Å². The molecule has 5 nitrogen and oxygen atoms in total. The summed E-state index contributed by atoms with van der Waals surface area (Å²) >= 11 is 0. The lowest BCUT2D eigenvalue weighted by Gasteiger charge is -2.10. The number of nitrogens with one attached hydrogen (secondary N) is 1. The number of hydrogen-bond acceptors (Lipinski definition) is 4. The molecule has 14 heavy (non-hydrogen) atoms. The van der Waals surface area contributed by atoms with Gasteiger partial charge in [0.2, 0.25) is 5.91 Å². The Bertz CT molecular complexity index is 238. The van der Waals surface area contributed by atoms with Crippen molar-refractivity contribution in [3.63, 3.8) is 0 Å². The number of carbonyl (C=O) groups excluding carboxylic acids is 2. The summed E-state index contributed by atoms with van der Waals surface area (Å²) in [6, 6.07) is -1.26. The number of esters is 1. The van der Waals surface area contributed by atoms with Crippen molar-refractivity contribution in [3.05, 3.63) is 12.2 Å². The van der Waals surface area contributed by atoms with E-state index in [1.165, 1.54) is 0 Å². The standard InChI is InChI=1S/C9H16N2O3/c1-4-14-9(13)7(10)8(12)11-5-6(2)3/h7H,2,4-5,10H2,1,3H3,(H,11,12). The molecule has 0 saturated carbocycles. The molecule has 0 spiro atoms. The van der Waals surface area contributed by atoms with Gasteiger partial charge in [0.1, 0.15) is 0 Å². The molecule has 0 aromatic rings. The maximum absolute atomic E-state index is 11.2. The predicted octanol–water partition coefficient (Wildman–Crippen LogP) is -0.431. The van der Waals surface area contributed by atoms with E-state index < -0.39 is 17.9 Å². The second-order valence-corrected chi connectivity index (χ2v) is 2.90. The molecule has 0 aliphatic carbocycles. The first-order valence-electron chi connectivity index (χ1n) is 4.33. The van der Waals surface area contributed by atoms with E-state index in [1.54, 1.807) is 13.8 Å². The van der Waals surface area contributed by atoms with Crippen molar-refractivity contribution in [3.8, 4) is 0 Å². The SMILES string of the molecule is C=C(C)CNC(=O)C(N)C(=O)OCC. The highest BCUT2D eigenvalue weighted by Crippen LogP contribution is 1.88. The van der Waals surface area contributed by atoms with Crippen LogP contribution in [0.3, 0.4) is 0 Å². The Hall–Kier alpha value is -1.36. The molecule has 0 heterocycles. The van der Waals surface area contributed by atoms with E-state index in [1.807, 2.05) is 0 Å². The monoisotopic (exact) mass is 200 g/mol. The third-order valence-electron chi connectivity index (χ3n) is 1.39. The fourth-order valence-corrected chi connectivity index (χ4v) is 0.687. The fraction of sp³-hybridized carbons (Fsp3) is 0.556. The zero-order chi connectivity index (χ0) is 11.1. The van der Waals surface area contributed by atoms with E-state index in [-0.39, 0.29) is 6.61 Å². The van der Waals surface area contributed by atoms with Crippen LogP contribution in [0, 0.1) is 0 Å². The highest BCUT2D eigenvalue weighted by molar-refractivity contribution is 6.01. The van der Waals surface area contributed by atoms with Gasteiger partial charge in [0, 0.05) is 6.54 Å². The highest BCUT2D eigenvalue weighted by Gasteiger charge is 2.22. The van der Waals surface area contributed by atoms with Crippen molar-refractivity contribution in [2.24, 2.45) is 5.73 Å². The van der Waals surface area contributed by atoms with Crippen LogP contribution in [-0.4, -0.2) is 31.1 Å². The summed E-state index contributed by atoms with van der Waals surface area (Å²) in [5.74, 6) is -1.27. The van der Waals surface area contributed by atoms with Crippen LogP contribution in [0.1, 0.15) is 13.8 Å². The van der Waals surface area contributed by atoms with Gasteiger partial charge in [0.25, 0.3) is 0 Å². The molecule has 0 aliphatic heterocycles. The molecule has 0 fully saturated rings. The highest BCUT2D eigenvalue weighted by atomic mass is 16.5. The Kier molecular flexibility index (Phi) is 5.55. The van der Waals surface area contributed by atoms with Crippen LogP contribution >= 0.6 is 0 Å². The van der Waals surface area contributed by atoms with E-state index >= 15 is 0 Å². The minimum atomic E-state index is -1.26. The molecule has 0 radical (unpaired) electrons. The second kappa shape index (κ2) is 6.15. The number of carbonyl (C=O) groups is 2. The first-order chi connectivity index (χ1) is 6.49. The molecule has 80 valence electrons. The molecule has 0 aromatic carbocycles. The van der Waals surface area contributed by atoms with Crippen LogP contribution < -0.4 is 11.1 Å². The van der Waals surface area contributed by atoms with Crippen molar-refractivity contribution in [2.45, 2.75) is 19.9 Å². The Morgan fingerprint density at radius 1 is 1.57 bits per heavy atom. The lowest BCUT2D eigenvalue weighted by molar-refractivity contribution is -0.147. The van der Waals surface area contributed by atoms with E-state index in [0.717, 1.165) is 5.57 Å². The Labute approximate surface area is 83.3 Å². The molecule has 0 saturated heterocycles. The van der Waals surface area contributed by atoms with Crippen LogP contribution in [0.15, 0.2) is 12.2 Å². The smallest absolute Gasteiger partial charge is 0.332 e. The molecule has 1 atom stereocenters. The molecule has 1 unspecified atom stereocenters. The van der Waals surface area contributed by atoms with E-state index in [9.17, 15) is 9.59 Å². The van der Waals surface area contributed by atoms with Gasteiger partial charge in [0.05, 0.1) is 6.61 Å². The van der Waals surface area contributed by atoms with E-state index in [4.69, 9.17) is 5.73 Å². The van der Waals surface area contributed by atoms with Gasteiger partial charge in [-0.1, -0.05) is 12.2 Å². The van der Waals surface area contributed by atoms with Gasteiger partial charge >= 0.3 is 5.97 Å². The Morgan fingerprint density at radius 2 is 2.14 bits per heavy atom. The molecule has 0 rings (SSSR count). The van der Waals surface area contributed by atoms with Gasteiger partial charge in [-0.25, -0.2) is 4.79 Å². The van der Waals surface area contributed by atoms with Crippen molar-refractivity contribution in [2.75, 3.05) is 13.2 Å². The molecule has 0 bridgehead atoms. The summed E-state index contributed by atoms with van der Waals surface area (Å²) in [6.45, 7) is 7.53. The Balaban J connectivity index is 3.98. The maximum atomic E-state index is 11.2. The molecular formula is C9H16N2O3. The van der Waals surface area contributed by atoms with Gasteiger partial charge < -0.3 is 15.8 Å². The predicted molar refractivity (Wildman–Crippen MR) is 52.4 cm³/mol. The number of nitrogens with two attached hydrogens (primary N) is 1. The summed E-state index contributed by atoms with van der Waals surface area (Å²) in [5.41, 5.74) is 6.10. The molecule has 0 aliphatic rings. The Morgan fingerprint density at radius 3 is 2.57 bits per heavy atom.